The molecule has 2 aromatic carbocycles. The van der Waals surface area contributed by atoms with E-state index in [0.29, 0.717) is 0 Å². The van der Waals surface area contributed by atoms with Crippen molar-refractivity contribution in [1.29, 1.82) is 0 Å². The number of hydrogen-bond donors (Lipinski definition) is 0. The molecule has 4 rings (SSSR count). The molecule has 122 valence electrons. The van der Waals surface area contributed by atoms with Gasteiger partial charge in [-0.3, -0.25) is 0 Å². The zero-order valence-electron chi connectivity index (χ0n) is 14.0. The summed E-state index contributed by atoms with van der Waals surface area (Å²) in [5.74, 6) is 0.963. The average Bonchev–Trinajstić information content (AvgIpc) is 2.90. The number of allylic oxidation sites excluding steroid dienone is 3. The van der Waals surface area contributed by atoms with Gasteiger partial charge in [-0.1, -0.05) is 66.2 Å². The van der Waals surface area contributed by atoms with Crippen LogP contribution in [-0.4, -0.2) is 6.16 Å². The normalized spacial score (nSPS) is 29.0. The molecule has 0 amide bonds. The van der Waals surface area contributed by atoms with E-state index in [9.17, 15) is 0 Å². The topological polar surface area (TPSA) is 9.23 Å². The zero-order valence-corrected chi connectivity index (χ0v) is 15.7. The molecule has 2 heterocycles. The van der Waals surface area contributed by atoms with Gasteiger partial charge in [-0.2, -0.15) is 0 Å². The summed E-state index contributed by atoms with van der Waals surface area (Å²) < 4.78 is 6.57. The van der Waals surface area contributed by atoms with E-state index >= 15 is 0 Å². The predicted octanol–water partition coefficient (Wildman–Crippen LogP) is 6.09. The molecule has 3 heteroatoms. The summed E-state index contributed by atoms with van der Waals surface area (Å²) in [6.07, 6.45) is 4.20. The SMILES string of the molecule is CC1=C(C)C[P+]2([S-])OC(c3ccccc3)=CC2(c2ccccc2)C1. The van der Waals surface area contributed by atoms with Crippen LogP contribution in [0.2, 0.25) is 0 Å². The van der Waals surface area contributed by atoms with Gasteiger partial charge >= 0.3 is 0 Å². The molecule has 0 saturated carbocycles. The molecule has 0 aromatic heterocycles. The molecule has 2 atom stereocenters. The molecule has 24 heavy (non-hydrogen) atoms. The quantitative estimate of drug-likeness (QED) is 0.367. The summed E-state index contributed by atoms with van der Waals surface area (Å²) in [6, 6.07) is 21.1. The van der Waals surface area contributed by atoms with Crippen LogP contribution >= 0.6 is 6.69 Å². The van der Waals surface area contributed by atoms with Crippen molar-refractivity contribution < 1.29 is 4.52 Å². The van der Waals surface area contributed by atoms with Crippen molar-refractivity contribution in [1.82, 2.24) is 0 Å². The molecule has 0 N–H and O–H groups in total. The molecule has 2 aliphatic heterocycles. The second-order valence-electron chi connectivity index (χ2n) is 6.83. The van der Waals surface area contributed by atoms with Crippen LogP contribution in [0, 0.1) is 0 Å². The molecule has 2 aromatic rings. The van der Waals surface area contributed by atoms with Crippen LogP contribution in [0.3, 0.4) is 0 Å². The fourth-order valence-corrected chi connectivity index (χ4v) is 8.48. The Balaban J connectivity index is 1.90. The van der Waals surface area contributed by atoms with Gasteiger partial charge in [0.1, 0.15) is 5.16 Å². The number of rotatable bonds is 2. The Kier molecular flexibility index (Phi) is 3.86. The highest BCUT2D eigenvalue weighted by Gasteiger charge is 2.59. The number of hydrogen-bond acceptors (Lipinski definition) is 2. The van der Waals surface area contributed by atoms with E-state index in [0.717, 1.165) is 23.9 Å². The van der Waals surface area contributed by atoms with E-state index in [1.807, 2.05) is 6.07 Å². The van der Waals surface area contributed by atoms with Gasteiger partial charge in [0.05, 0.1) is 12.9 Å². The van der Waals surface area contributed by atoms with Crippen LogP contribution in [0.4, 0.5) is 0 Å². The first-order valence-corrected chi connectivity index (χ1v) is 11.2. The highest BCUT2D eigenvalue weighted by Crippen LogP contribution is 2.82. The van der Waals surface area contributed by atoms with Crippen molar-refractivity contribution in [3.05, 3.63) is 89.0 Å². The molecule has 0 spiro atoms. The van der Waals surface area contributed by atoms with Gasteiger partial charge in [-0.15, -0.1) is 0 Å². The zero-order chi connectivity index (χ0) is 16.8. The van der Waals surface area contributed by atoms with E-state index in [4.69, 9.17) is 16.8 Å². The summed E-state index contributed by atoms with van der Waals surface area (Å²) in [4.78, 5) is 0. The van der Waals surface area contributed by atoms with Crippen LogP contribution in [0.15, 0.2) is 77.9 Å². The lowest BCUT2D eigenvalue weighted by Gasteiger charge is -2.45. The van der Waals surface area contributed by atoms with Crippen molar-refractivity contribution in [2.45, 2.75) is 25.4 Å². The number of fused-ring (bicyclic) bond motifs is 1. The van der Waals surface area contributed by atoms with Gasteiger partial charge in [-0.25, -0.2) is 0 Å². The summed E-state index contributed by atoms with van der Waals surface area (Å²) in [5, 5.41) is -0.168. The Bertz CT molecular complexity index is 827. The molecule has 0 saturated heterocycles. The fourth-order valence-electron chi connectivity index (χ4n) is 3.78. The minimum absolute atomic E-state index is 0.168. The third kappa shape index (κ3) is 2.36. The van der Waals surface area contributed by atoms with Gasteiger partial charge in [0, 0.05) is 23.6 Å². The first kappa shape index (κ1) is 16.0. The molecule has 2 aliphatic rings. The third-order valence-electron chi connectivity index (χ3n) is 5.26. The molecule has 0 fully saturated rings. The maximum absolute atomic E-state index is 6.57. The van der Waals surface area contributed by atoms with E-state index in [1.54, 1.807) is 0 Å². The summed E-state index contributed by atoms with van der Waals surface area (Å²) in [7, 11) is 0. The van der Waals surface area contributed by atoms with Gasteiger partial charge in [-0.05, 0) is 19.4 Å². The molecular weight excluding hydrogens is 331 g/mol. The van der Waals surface area contributed by atoms with Gasteiger partial charge in [0.15, 0.2) is 5.76 Å². The minimum atomic E-state index is -2.06. The molecule has 0 aliphatic carbocycles. The van der Waals surface area contributed by atoms with Crippen LogP contribution in [0.1, 0.15) is 31.4 Å². The molecule has 0 radical (unpaired) electrons. The molecule has 1 nitrogen and oxygen atoms in total. The van der Waals surface area contributed by atoms with Crippen LogP contribution in [-0.2, 0) is 21.9 Å². The first-order valence-electron chi connectivity index (χ1n) is 8.32. The standard InChI is InChI=1S/C21H21OPS/c1-16-13-21(19-11-7-4-8-12-19)14-20(18-9-5-3-6-10-18)22-23(21,24)15-17(16)2/h3-12,14H,13,15H2,1-2H3. The van der Waals surface area contributed by atoms with Crippen molar-refractivity contribution in [2.24, 2.45) is 0 Å². The number of benzene rings is 2. The molecule has 0 bridgehead atoms. The Morgan fingerprint density at radius 1 is 0.917 bits per heavy atom. The maximum Gasteiger partial charge on any atom is 0.178 e. The van der Waals surface area contributed by atoms with Crippen LogP contribution in [0.5, 0.6) is 0 Å². The fraction of sp³-hybridized carbons (Fsp3) is 0.238. The summed E-state index contributed by atoms with van der Waals surface area (Å²) >= 11 is 6.24. The Hall–Kier alpha value is -1.50. The van der Waals surface area contributed by atoms with E-state index in [2.05, 4.69) is 74.5 Å². The molecule has 2 unspecified atom stereocenters. The predicted molar refractivity (Wildman–Crippen MR) is 106 cm³/mol. The maximum atomic E-state index is 6.57. The lowest BCUT2D eigenvalue weighted by Crippen LogP contribution is -2.30. The lowest BCUT2D eigenvalue weighted by molar-refractivity contribution is 0.560. The van der Waals surface area contributed by atoms with Crippen LogP contribution in [0.25, 0.3) is 5.76 Å². The second-order valence-corrected chi connectivity index (χ2v) is 11.2. The summed E-state index contributed by atoms with van der Waals surface area (Å²) in [5.41, 5.74) is 5.29. The van der Waals surface area contributed by atoms with Crippen molar-refractivity contribution in [3.8, 4) is 0 Å². The average molecular weight is 352 g/mol. The van der Waals surface area contributed by atoms with E-state index in [1.165, 1.54) is 16.7 Å². The van der Waals surface area contributed by atoms with Gasteiger partial charge in [0.25, 0.3) is 0 Å². The third-order valence-corrected chi connectivity index (χ3v) is 10.00. The smallest absolute Gasteiger partial charge is 0.178 e. The first-order chi connectivity index (χ1) is 11.5. The van der Waals surface area contributed by atoms with Crippen molar-refractivity contribution >= 4 is 24.7 Å². The van der Waals surface area contributed by atoms with Crippen molar-refractivity contribution in [2.75, 3.05) is 6.16 Å². The van der Waals surface area contributed by atoms with E-state index < -0.39 is 6.69 Å². The van der Waals surface area contributed by atoms with E-state index in [-0.39, 0.29) is 5.16 Å². The lowest BCUT2D eigenvalue weighted by atomic mass is 9.88. The summed E-state index contributed by atoms with van der Waals surface area (Å²) in [6.45, 7) is 2.39. The van der Waals surface area contributed by atoms with Crippen LogP contribution < -0.4 is 0 Å². The van der Waals surface area contributed by atoms with Gasteiger partial charge < -0.3 is 16.8 Å². The highest BCUT2D eigenvalue weighted by atomic mass is 32.7. The second kappa shape index (κ2) is 5.79. The largest absolute Gasteiger partial charge is 0.514 e. The Morgan fingerprint density at radius 2 is 1.54 bits per heavy atom. The van der Waals surface area contributed by atoms with Crippen molar-refractivity contribution in [3.63, 3.8) is 0 Å². The minimum Gasteiger partial charge on any atom is -0.514 e. The Morgan fingerprint density at radius 3 is 2.21 bits per heavy atom. The highest BCUT2D eigenvalue weighted by molar-refractivity contribution is 8.40. The molecular formula is C21H21OPS. The van der Waals surface area contributed by atoms with Gasteiger partial charge in [0.2, 0.25) is 0 Å². The monoisotopic (exact) mass is 352 g/mol. The Labute approximate surface area is 150 Å².